The lowest BCUT2D eigenvalue weighted by Gasteiger charge is -2.38. The molecule has 0 fully saturated rings. The smallest absolute Gasteiger partial charge is 0.407 e. The number of alkyl halides is 2. The molecule has 0 spiro atoms. The van der Waals surface area contributed by atoms with Crippen molar-refractivity contribution in [1.29, 1.82) is 5.26 Å². The maximum absolute atomic E-state index is 14.6. The summed E-state index contributed by atoms with van der Waals surface area (Å²) >= 11 is 0. The van der Waals surface area contributed by atoms with Crippen LogP contribution in [-0.4, -0.2) is 52.3 Å². The Labute approximate surface area is 173 Å². The molecule has 1 aromatic heterocycles. The second-order valence-corrected chi connectivity index (χ2v) is 6.66. The Kier molecular flexibility index (Phi) is 5.78. The molecule has 1 unspecified atom stereocenters. The van der Waals surface area contributed by atoms with Gasteiger partial charge < -0.3 is 16.2 Å². The van der Waals surface area contributed by atoms with Gasteiger partial charge in [-0.1, -0.05) is 0 Å². The number of rotatable bonds is 4. The first-order valence-corrected chi connectivity index (χ1v) is 8.74. The SMILES string of the molecule is N#Cc1ccc(C(=O)Nc2ccc(F)c(C3(C(F)F)CN(C(=O)O)CC(N)=N3)c2)nc1. The van der Waals surface area contributed by atoms with Gasteiger partial charge in [0.25, 0.3) is 12.3 Å². The fourth-order valence-corrected chi connectivity index (χ4v) is 3.11. The Bertz CT molecular complexity index is 1100. The topological polar surface area (TPSA) is 145 Å². The van der Waals surface area contributed by atoms with Gasteiger partial charge in [-0.15, -0.1) is 0 Å². The van der Waals surface area contributed by atoms with Gasteiger partial charge in [-0.25, -0.2) is 22.9 Å². The molecule has 1 aliphatic rings. The zero-order chi connectivity index (χ0) is 22.8. The number of hydrogen-bond donors (Lipinski definition) is 3. The van der Waals surface area contributed by atoms with E-state index in [4.69, 9.17) is 11.0 Å². The number of amidine groups is 1. The van der Waals surface area contributed by atoms with Crippen molar-refractivity contribution >= 4 is 23.5 Å². The van der Waals surface area contributed by atoms with Crippen LogP contribution < -0.4 is 11.1 Å². The molecule has 1 atom stereocenters. The highest BCUT2D eigenvalue weighted by Crippen LogP contribution is 2.38. The number of hydrogen-bond acceptors (Lipinski definition) is 6. The monoisotopic (exact) mass is 432 g/mol. The lowest BCUT2D eigenvalue weighted by molar-refractivity contribution is 0.0255. The number of amides is 2. The summed E-state index contributed by atoms with van der Waals surface area (Å²) in [5.41, 5.74) is 2.48. The molecule has 160 valence electrons. The second kappa shape index (κ2) is 8.31. The fourth-order valence-electron chi connectivity index (χ4n) is 3.11. The number of nitrogens with two attached hydrogens (primary N) is 1. The number of pyridine rings is 1. The first-order chi connectivity index (χ1) is 14.7. The van der Waals surface area contributed by atoms with Crippen molar-refractivity contribution in [3.05, 3.63) is 59.2 Å². The summed E-state index contributed by atoms with van der Waals surface area (Å²) in [5.74, 6) is -2.20. The van der Waals surface area contributed by atoms with E-state index in [1.54, 1.807) is 0 Å². The molecule has 9 nitrogen and oxygen atoms in total. The number of nitriles is 1. The van der Waals surface area contributed by atoms with Crippen LogP contribution in [0.1, 0.15) is 21.6 Å². The van der Waals surface area contributed by atoms with Crippen LogP contribution in [-0.2, 0) is 5.54 Å². The number of halogens is 3. The van der Waals surface area contributed by atoms with E-state index < -0.39 is 54.3 Å². The molecule has 2 heterocycles. The standard InChI is InChI=1S/C19H15F3N6O3/c20-13-3-2-11(26-16(29)14-4-1-10(6-23)7-25-14)5-12(13)19(17(21)22)9-28(18(30)31)8-15(24)27-19/h1-5,7,17H,8-9H2,(H2,24,27)(H,26,29)(H,30,31). The Balaban J connectivity index is 1.98. The number of anilines is 1. The summed E-state index contributed by atoms with van der Waals surface area (Å²) in [6.45, 7) is -1.22. The number of aliphatic imine (C=N–C) groups is 1. The molecule has 4 N–H and O–H groups in total. The van der Waals surface area contributed by atoms with Crippen molar-refractivity contribution in [2.24, 2.45) is 10.7 Å². The molecule has 1 aliphatic heterocycles. The highest BCUT2D eigenvalue weighted by Gasteiger charge is 2.48. The highest BCUT2D eigenvalue weighted by atomic mass is 19.3. The Morgan fingerprint density at radius 3 is 2.65 bits per heavy atom. The molecule has 0 saturated heterocycles. The third-order valence-corrected chi connectivity index (χ3v) is 4.58. The highest BCUT2D eigenvalue weighted by molar-refractivity contribution is 6.02. The third kappa shape index (κ3) is 4.25. The van der Waals surface area contributed by atoms with E-state index in [0.29, 0.717) is 4.90 Å². The summed E-state index contributed by atoms with van der Waals surface area (Å²) in [5, 5.41) is 20.4. The summed E-state index contributed by atoms with van der Waals surface area (Å²) in [6.07, 6.45) is -3.63. The van der Waals surface area contributed by atoms with E-state index in [1.165, 1.54) is 18.3 Å². The van der Waals surface area contributed by atoms with Gasteiger partial charge in [0.15, 0.2) is 5.54 Å². The summed E-state index contributed by atoms with van der Waals surface area (Å²) in [4.78, 5) is 31.8. The maximum atomic E-state index is 14.6. The van der Waals surface area contributed by atoms with Gasteiger partial charge in [0.1, 0.15) is 23.4 Å². The zero-order valence-electron chi connectivity index (χ0n) is 15.7. The third-order valence-electron chi connectivity index (χ3n) is 4.58. The van der Waals surface area contributed by atoms with E-state index in [1.807, 2.05) is 6.07 Å². The molecule has 3 rings (SSSR count). The maximum Gasteiger partial charge on any atom is 0.407 e. The molecule has 0 aliphatic carbocycles. The minimum atomic E-state index is -3.30. The van der Waals surface area contributed by atoms with Gasteiger partial charge in [0.2, 0.25) is 0 Å². The number of nitrogens with one attached hydrogen (secondary N) is 1. The van der Waals surface area contributed by atoms with Gasteiger partial charge >= 0.3 is 6.09 Å². The van der Waals surface area contributed by atoms with Crippen LogP contribution in [0.25, 0.3) is 0 Å². The van der Waals surface area contributed by atoms with Crippen LogP contribution in [0.3, 0.4) is 0 Å². The Morgan fingerprint density at radius 1 is 1.32 bits per heavy atom. The molecule has 12 heteroatoms. The largest absolute Gasteiger partial charge is 0.465 e. The fraction of sp³-hybridized carbons (Fsp3) is 0.211. The normalized spacial score (nSPS) is 18.3. The molecule has 0 bridgehead atoms. The molecule has 0 radical (unpaired) electrons. The quantitative estimate of drug-likeness (QED) is 0.675. The molecule has 0 saturated carbocycles. The number of nitrogens with zero attached hydrogens (tertiary/aromatic N) is 4. The second-order valence-electron chi connectivity index (χ2n) is 6.66. The number of carbonyl (C=O) groups excluding carboxylic acids is 1. The summed E-state index contributed by atoms with van der Waals surface area (Å²) in [7, 11) is 0. The van der Waals surface area contributed by atoms with E-state index >= 15 is 0 Å². The number of benzene rings is 1. The number of carbonyl (C=O) groups is 2. The van der Waals surface area contributed by atoms with Crippen LogP contribution in [0.15, 0.2) is 41.5 Å². The van der Waals surface area contributed by atoms with Crippen molar-refractivity contribution in [3.63, 3.8) is 0 Å². The van der Waals surface area contributed by atoms with Gasteiger partial charge in [-0.05, 0) is 30.3 Å². The molecule has 1 aromatic carbocycles. The van der Waals surface area contributed by atoms with Crippen LogP contribution in [0.2, 0.25) is 0 Å². The predicted octanol–water partition coefficient (Wildman–Crippen LogP) is 2.16. The van der Waals surface area contributed by atoms with Gasteiger partial charge in [-0.2, -0.15) is 5.26 Å². The number of aromatic nitrogens is 1. The first kappa shape index (κ1) is 21.6. The molecule has 2 amide bonds. The molecule has 31 heavy (non-hydrogen) atoms. The zero-order valence-corrected chi connectivity index (χ0v) is 15.7. The lowest BCUT2D eigenvalue weighted by atomic mass is 9.88. The molecule has 2 aromatic rings. The summed E-state index contributed by atoms with van der Waals surface area (Å²) < 4.78 is 42.8. The van der Waals surface area contributed by atoms with Crippen molar-refractivity contribution in [3.8, 4) is 6.07 Å². The van der Waals surface area contributed by atoms with Gasteiger partial charge in [-0.3, -0.25) is 14.7 Å². The van der Waals surface area contributed by atoms with Crippen molar-refractivity contribution < 1.29 is 27.9 Å². The van der Waals surface area contributed by atoms with E-state index in [0.717, 1.165) is 18.2 Å². The van der Waals surface area contributed by atoms with E-state index in [2.05, 4.69) is 15.3 Å². The molecular formula is C19H15F3N6O3. The average molecular weight is 432 g/mol. The predicted molar refractivity (Wildman–Crippen MR) is 102 cm³/mol. The van der Waals surface area contributed by atoms with Gasteiger partial charge in [0.05, 0.1) is 18.7 Å². The molecular weight excluding hydrogens is 417 g/mol. The summed E-state index contributed by atoms with van der Waals surface area (Å²) in [6, 6.07) is 7.45. The van der Waals surface area contributed by atoms with Crippen LogP contribution in [0, 0.1) is 17.1 Å². The van der Waals surface area contributed by atoms with Crippen molar-refractivity contribution in [2.45, 2.75) is 12.0 Å². The average Bonchev–Trinajstić information content (AvgIpc) is 2.74. The van der Waals surface area contributed by atoms with Crippen LogP contribution in [0.4, 0.5) is 23.7 Å². The van der Waals surface area contributed by atoms with Gasteiger partial charge in [0, 0.05) is 17.4 Å². The van der Waals surface area contributed by atoms with E-state index in [-0.39, 0.29) is 16.9 Å². The Morgan fingerprint density at radius 2 is 2.06 bits per heavy atom. The Hall–Kier alpha value is -4.14. The first-order valence-electron chi connectivity index (χ1n) is 8.74. The van der Waals surface area contributed by atoms with E-state index in [9.17, 15) is 27.9 Å². The van der Waals surface area contributed by atoms with Crippen LogP contribution in [0.5, 0.6) is 0 Å². The minimum absolute atomic E-state index is 0.0474. The van der Waals surface area contributed by atoms with Crippen LogP contribution >= 0.6 is 0 Å². The number of carboxylic acid groups (broad SMARTS) is 1. The minimum Gasteiger partial charge on any atom is -0.465 e. The lowest BCUT2D eigenvalue weighted by Crippen LogP contribution is -2.54. The van der Waals surface area contributed by atoms with Crippen molar-refractivity contribution in [2.75, 3.05) is 18.4 Å². The van der Waals surface area contributed by atoms with Crippen molar-refractivity contribution in [1.82, 2.24) is 9.88 Å².